The monoisotopic (exact) mass is 517 g/mol. The summed E-state index contributed by atoms with van der Waals surface area (Å²) in [5, 5.41) is 9.07. The van der Waals surface area contributed by atoms with E-state index < -0.39 is 17.7 Å². The van der Waals surface area contributed by atoms with Crippen LogP contribution in [0.1, 0.15) is 33.8 Å². The van der Waals surface area contributed by atoms with Crippen LogP contribution in [0.2, 0.25) is 5.02 Å². The van der Waals surface area contributed by atoms with E-state index in [4.69, 9.17) is 11.6 Å². The molecule has 9 nitrogen and oxygen atoms in total. The molecule has 1 aliphatic heterocycles. The average molecular weight is 518 g/mol. The first-order valence-electron chi connectivity index (χ1n) is 11.3. The summed E-state index contributed by atoms with van der Waals surface area (Å²) in [6.07, 6.45) is 2.95. The van der Waals surface area contributed by atoms with Crippen LogP contribution in [-0.4, -0.2) is 59.6 Å². The van der Waals surface area contributed by atoms with Crippen LogP contribution >= 0.6 is 11.6 Å². The molecule has 2 amide bonds. The van der Waals surface area contributed by atoms with Gasteiger partial charge in [-0.25, -0.2) is 9.37 Å². The minimum absolute atomic E-state index is 0.0367. The van der Waals surface area contributed by atoms with Gasteiger partial charge in [0.2, 0.25) is 5.95 Å². The van der Waals surface area contributed by atoms with E-state index in [2.05, 4.69) is 25.9 Å². The zero-order valence-electron chi connectivity index (χ0n) is 20.0. The summed E-state index contributed by atoms with van der Waals surface area (Å²) >= 11 is 6.32. The third-order valence-corrected chi connectivity index (χ3v) is 6.26. The Kier molecular flexibility index (Phi) is 7.51. The molecule has 36 heavy (non-hydrogen) atoms. The molecule has 3 heterocycles. The minimum atomic E-state index is -0.889. The molecule has 4 rings (SSSR count). The van der Waals surface area contributed by atoms with Gasteiger partial charge in [0.1, 0.15) is 0 Å². The quantitative estimate of drug-likeness (QED) is 0.434. The van der Waals surface area contributed by atoms with Gasteiger partial charge in [0.05, 0.1) is 28.0 Å². The lowest BCUT2D eigenvalue weighted by Crippen LogP contribution is -2.42. The number of pyridine rings is 1. The van der Waals surface area contributed by atoms with Crippen LogP contribution in [0.5, 0.6) is 0 Å². The smallest absolute Gasteiger partial charge is 0.291 e. The van der Waals surface area contributed by atoms with Gasteiger partial charge >= 0.3 is 0 Å². The molecule has 0 spiro atoms. The molecule has 3 aromatic rings. The largest absolute Gasteiger partial charge is 0.360 e. The predicted octanol–water partition coefficient (Wildman–Crippen LogP) is 3.21. The summed E-state index contributed by atoms with van der Waals surface area (Å²) in [7, 11) is 4.61. The lowest BCUT2D eigenvalue weighted by molar-refractivity contribution is 0.0929. The maximum absolute atomic E-state index is 14.6. The molecule has 0 saturated carbocycles. The van der Waals surface area contributed by atoms with E-state index in [1.54, 1.807) is 20.2 Å². The minimum Gasteiger partial charge on any atom is -0.360 e. The number of benzene rings is 1. The van der Waals surface area contributed by atoms with Crippen molar-refractivity contribution < 1.29 is 18.4 Å². The number of hydrogen-bond acceptors (Lipinski definition) is 6. The number of carbonyl (C=O) groups excluding carboxylic acids is 2. The Bertz CT molecular complexity index is 1310. The highest BCUT2D eigenvalue weighted by atomic mass is 35.5. The Morgan fingerprint density at radius 2 is 1.89 bits per heavy atom. The maximum atomic E-state index is 14.6. The highest BCUT2D eigenvalue weighted by Crippen LogP contribution is 2.27. The molecule has 12 heteroatoms. The molecule has 1 saturated heterocycles. The Morgan fingerprint density at radius 1 is 1.17 bits per heavy atom. The van der Waals surface area contributed by atoms with Crippen molar-refractivity contribution >= 4 is 34.9 Å². The van der Waals surface area contributed by atoms with Gasteiger partial charge < -0.3 is 25.4 Å². The van der Waals surface area contributed by atoms with Crippen molar-refractivity contribution in [2.24, 2.45) is 7.05 Å². The number of carbonyl (C=O) groups is 2. The van der Waals surface area contributed by atoms with E-state index in [-0.39, 0.29) is 39.9 Å². The summed E-state index contributed by atoms with van der Waals surface area (Å²) < 4.78 is 30.3. The average Bonchev–Trinajstić information content (AvgIpc) is 3.21. The van der Waals surface area contributed by atoms with E-state index in [1.165, 1.54) is 34.8 Å². The second-order valence-corrected chi connectivity index (χ2v) is 9.11. The molecule has 190 valence electrons. The molecular formula is C24H26ClF2N7O2. The third kappa shape index (κ3) is 5.31. The number of rotatable bonds is 6. The number of anilines is 2. The molecule has 0 atom stereocenters. The molecule has 1 aliphatic rings. The number of imidazole rings is 1. The number of nitrogens with zero attached hydrogens (tertiary/aromatic N) is 4. The van der Waals surface area contributed by atoms with E-state index in [1.807, 2.05) is 0 Å². The van der Waals surface area contributed by atoms with Gasteiger partial charge in [0.25, 0.3) is 11.8 Å². The fraction of sp³-hybridized carbons (Fsp3) is 0.333. The highest BCUT2D eigenvalue weighted by molar-refractivity contribution is 6.34. The number of aromatic nitrogens is 3. The van der Waals surface area contributed by atoms with Gasteiger partial charge in [-0.15, -0.1) is 0 Å². The Morgan fingerprint density at radius 3 is 2.56 bits per heavy atom. The fourth-order valence-corrected chi connectivity index (χ4v) is 4.28. The van der Waals surface area contributed by atoms with E-state index in [0.29, 0.717) is 11.3 Å². The summed E-state index contributed by atoms with van der Waals surface area (Å²) in [6.45, 7) is 1.69. The SMILES string of the molecule is CN(C)c1nc(F)c(-c2cnc(C(=O)Nc3ccc(C(=O)NC4CCNCC4)c(Cl)c3)n2C)cc1F. The molecule has 0 unspecified atom stereocenters. The maximum Gasteiger partial charge on any atom is 0.291 e. The zero-order valence-corrected chi connectivity index (χ0v) is 20.8. The molecule has 0 bridgehead atoms. The van der Waals surface area contributed by atoms with Crippen LogP contribution in [0.3, 0.4) is 0 Å². The summed E-state index contributed by atoms with van der Waals surface area (Å²) in [5.41, 5.74) is 0.706. The van der Waals surface area contributed by atoms with E-state index >= 15 is 0 Å². The molecular weight excluding hydrogens is 492 g/mol. The fourth-order valence-electron chi connectivity index (χ4n) is 4.01. The Hall–Kier alpha value is -3.57. The van der Waals surface area contributed by atoms with Crippen molar-refractivity contribution in [3.63, 3.8) is 0 Å². The van der Waals surface area contributed by atoms with Crippen LogP contribution in [0.4, 0.5) is 20.3 Å². The number of piperidine rings is 1. The van der Waals surface area contributed by atoms with Crippen LogP contribution in [0.15, 0.2) is 30.5 Å². The van der Waals surface area contributed by atoms with Crippen LogP contribution in [0, 0.1) is 11.8 Å². The van der Waals surface area contributed by atoms with Crippen molar-refractivity contribution in [3.05, 3.63) is 58.6 Å². The first-order valence-corrected chi connectivity index (χ1v) is 11.7. The number of hydrogen-bond donors (Lipinski definition) is 3. The summed E-state index contributed by atoms with van der Waals surface area (Å²) in [5.74, 6) is -2.64. The lowest BCUT2D eigenvalue weighted by atomic mass is 10.1. The number of amides is 2. The van der Waals surface area contributed by atoms with Crippen molar-refractivity contribution in [1.29, 1.82) is 0 Å². The normalized spacial score (nSPS) is 13.9. The van der Waals surface area contributed by atoms with Gasteiger partial charge in [-0.1, -0.05) is 11.6 Å². The zero-order chi connectivity index (χ0) is 26.0. The van der Waals surface area contributed by atoms with Crippen molar-refractivity contribution in [2.75, 3.05) is 37.4 Å². The third-order valence-electron chi connectivity index (χ3n) is 5.95. The second-order valence-electron chi connectivity index (χ2n) is 8.70. The molecule has 3 N–H and O–H groups in total. The van der Waals surface area contributed by atoms with Gasteiger partial charge in [-0.3, -0.25) is 9.59 Å². The first-order chi connectivity index (χ1) is 17.2. The Labute approximate surface area is 211 Å². The summed E-state index contributed by atoms with van der Waals surface area (Å²) in [4.78, 5) is 34.6. The standard InChI is InChI=1S/C24H26ClF2N7O2/c1-33(2)21-18(26)11-16(20(27)32-21)19-12-29-22(34(19)3)24(36)31-14-4-5-15(17(25)10-14)23(35)30-13-6-8-28-9-7-13/h4-5,10-13,28H,6-9H2,1-3H3,(H,30,35)(H,31,36). The Balaban J connectivity index is 1.49. The number of nitrogens with one attached hydrogen (secondary N) is 3. The van der Waals surface area contributed by atoms with Crippen LogP contribution < -0.4 is 20.9 Å². The van der Waals surface area contributed by atoms with Gasteiger partial charge in [0.15, 0.2) is 17.5 Å². The molecule has 0 radical (unpaired) electrons. The van der Waals surface area contributed by atoms with Gasteiger partial charge in [0, 0.05) is 32.9 Å². The predicted molar refractivity (Wildman–Crippen MR) is 133 cm³/mol. The van der Waals surface area contributed by atoms with Crippen molar-refractivity contribution in [3.8, 4) is 11.3 Å². The van der Waals surface area contributed by atoms with Gasteiger partial charge in [-0.05, 0) is 50.2 Å². The van der Waals surface area contributed by atoms with Crippen molar-refractivity contribution in [1.82, 2.24) is 25.2 Å². The van der Waals surface area contributed by atoms with Crippen LogP contribution in [0.25, 0.3) is 11.3 Å². The van der Waals surface area contributed by atoms with E-state index in [0.717, 1.165) is 32.0 Å². The lowest BCUT2D eigenvalue weighted by Gasteiger charge is -2.23. The van der Waals surface area contributed by atoms with E-state index in [9.17, 15) is 18.4 Å². The molecule has 0 aliphatic carbocycles. The molecule has 2 aromatic heterocycles. The first kappa shape index (κ1) is 25.5. The van der Waals surface area contributed by atoms with Crippen LogP contribution in [-0.2, 0) is 7.05 Å². The van der Waals surface area contributed by atoms with Gasteiger partial charge in [-0.2, -0.15) is 9.37 Å². The summed E-state index contributed by atoms with van der Waals surface area (Å²) in [6, 6.07) is 5.67. The van der Waals surface area contributed by atoms with Crippen molar-refractivity contribution in [2.45, 2.75) is 18.9 Å². The number of halogens is 3. The molecule has 1 aromatic carbocycles. The highest BCUT2D eigenvalue weighted by Gasteiger charge is 2.22. The molecule has 1 fully saturated rings. The second kappa shape index (κ2) is 10.6. The topological polar surface area (TPSA) is 104 Å².